The fourth-order valence-corrected chi connectivity index (χ4v) is 2.37. The lowest BCUT2D eigenvalue weighted by Gasteiger charge is -2.05. The molecule has 2 heteroatoms. The molecule has 0 aliphatic carbocycles. The van der Waals surface area contributed by atoms with E-state index >= 15 is 0 Å². The highest BCUT2D eigenvalue weighted by atomic mass is 16.3. The van der Waals surface area contributed by atoms with Gasteiger partial charge in [-0.15, -0.1) is 0 Å². The van der Waals surface area contributed by atoms with Gasteiger partial charge in [-0.05, 0) is 12.1 Å². The van der Waals surface area contributed by atoms with Gasteiger partial charge in [0.05, 0.1) is 0 Å². The van der Waals surface area contributed by atoms with Gasteiger partial charge in [0.1, 0.15) is 11.3 Å². The van der Waals surface area contributed by atoms with E-state index in [1.165, 1.54) is 0 Å². The zero-order valence-electron chi connectivity index (χ0n) is 10.3. The number of anilines is 1. The molecule has 0 saturated heterocycles. The van der Waals surface area contributed by atoms with Crippen molar-refractivity contribution in [2.75, 3.05) is 5.73 Å². The normalized spacial score (nSPS) is 10.9. The van der Waals surface area contributed by atoms with Crippen LogP contribution in [0, 0.1) is 0 Å². The van der Waals surface area contributed by atoms with Gasteiger partial charge in [-0.3, -0.25) is 0 Å². The van der Waals surface area contributed by atoms with E-state index in [9.17, 15) is 0 Å². The summed E-state index contributed by atoms with van der Waals surface area (Å²) in [6.07, 6.45) is 0.859. The van der Waals surface area contributed by atoms with E-state index in [0.717, 1.165) is 40.0 Å². The average molecular weight is 237 g/mol. The van der Waals surface area contributed by atoms with E-state index in [2.05, 4.69) is 13.0 Å². The number of nitrogens with two attached hydrogens (primary N) is 1. The third-order valence-corrected chi connectivity index (χ3v) is 3.22. The SMILES string of the molecule is CCc1oc2ccccc2c1-c1ccccc1N. The zero-order valence-corrected chi connectivity index (χ0v) is 10.3. The molecule has 2 N–H and O–H groups in total. The van der Waals surface area contributed by atoms with Gasteiger partial charge in [0.2, 0.25) is 0 Å². The second-order valence-electron chi connectivity index (χ2n) is 4.34. The maximum absolute atomic E-state index is 6.08. The largest absolute Gasteiger partial charge is 0.460 e. The van der Waals surface area contributed by atoms with Crippen molar-refractivity contribution < 1.29 is 4.42 Å². The lowest BCUT2D eigenvalue weighted by Crippen LogP contribution is -1.90. The Bertz CT molecular complexity index is 697. The molecule has 0 unspecified atom stereocenters. The number of furan rings is 1. The molecule has 18 heavy (non-hydrogen) atoms. The highest BCUT2D eigenvalue weighted by Gasteiger charge is 2.15. The third-order valence-electron chi connectivity index (χ3n) is 3.22. The Morgan fingerprint density at radius 3 is 2.50 bits per heavy atom. The minimum Gasteiger partial charge on any atom is -0.460 e. The van der Waals surface area contributed by atoms with Crippen LogP contribution in [0.25, 0.3) is 22.1 Å². The molecular formula is C16H15NO. The molecular weight excluding hydrogens is 222 g/mol. The molecule has 1 heterocycles. The van der Waals surface area contributed by atoms with Gasteiger partial charge in [0, 0.05) is 28.6 Å². The molecule has 0 aliphatic heterocycles. The van der Waals surface area contributed by atoms with Crippen molar-refractivity contribution in [2.45, 2.75) is 13.3 Å². The van der Waals surface area contributed by atoms with Crippen LogP contribution in [0.3, 0.4) is 0 Å². The zero-order chi connectivity index (χ0) is 12.5. The first kappa shape index (κ1) is 10.9. The first-order chi connectivity index (χ1) is 8.81. The van der Waals surface area contributed by atoms with Crippen LogP contribution < -0.4 is 5.73 Å². The number of fused-ring (bicyclic) bond motifs is 1. The first-order valence-corrected chi connectivity index (χ1v) is 6.16. The smallest absolute Gasteiger partial charge is 0.134 e. The molecule has 0 amide bonds. The summed E-state index contributed by atoms with van der Waals surface area (Å²) in [6.45, 7) is 2.10. The highest BCUT2D eigenvalue weighted by molar-refractivity contribution is 5.98. The van der Waals surface area contributed by atoms with E-state index in [1.807, 2.05) is 42.5 Å². The summed E-state index contributed by atoms with van der Waals surface area (Å²) >= 11 is 0. The van der Waals surface area contributed by atoms with Crippen LogP contribution in [0.2, 0.25) is 0 Å². The predicted octanol–water partition coefficient (Wildman–Crippen LogP) is 4.24. The Morgan fingerprint density at radius 1 is 1.00 bits per heavy atom. The number of rotatable bonds is 2. The molecule has 1 aromatic heterocycles. The maximum atomic E-state index is 6.08. The van der Waals surface area contributed by atoms with Crippen molar-refractivity contribution in [1.29, 1.82) is 0 Å². The Hall–Kier alpha value is -2.22. The van der Waals surface area contributed by atoms with Crippen molar-refractivity contribution in [1.82, 2.24) is 0 Å². The van der Waals surface area contributed by atoms with Gasteiger partial charge in [0.25, 0.3) is 0 Å². The van der Waals surface area contributed by atoms with Gasteiger partial charge < -0.3 is 10.2 Å². The van der Waals surface area contributed by atoms with Crippen molar-refractivity contribution in [3.8, 4) is 11.1 Å². The highest BCUT2D eigenvalue weighted by Crippen LogP contribution is 2.37. The molecule has 0 fully saturated rings. The van der Waals surface area contributed by atoms with Gasteiger partial charge in [-0.25, -0.2) is 0 Å². The Labute approximate surface area is 106 Å². The monoisotopic (exact) mass is 237 g/mol. The topological polar surface area (TPSA) is 39.2 Å². The Balaban J connectivity index is 2.37. The molecule has 2 aromatic carbocycles. The minimum absolute atomic E-state index is 0.791. The van der Waals surface area contributed by atoms with Crippen molar-refractivity contribution in [3.63, 3.8) is 0 Å². The van der Waals surface area contributed by atoms with E-state index in [-0.39, 0.29) is 0 Å². The Kier molecular flexibility index (Phi) is 2.56. The molecule has 2 nitrogen and oxygen atoms in total. The van der Waals surface area contributed by atoms with Crippen LogP contribution in [-0.2, 0) is 6.42 Å². The van der Waals surface area contributed by atoms with E-state index in [4.69, 9.17) is 10.2 Å². The summed E-state index contributed by atoms with van der Waals surface area (Å²) in [6, 6.07) is 16.0. The van der Waals surface area contributed by atoms with Crippen LogP contribution >= 0.6 is 0 Å². The average Bonchev–Trinajstić information content (AvgIpc) is 2.78. The molecule has 3 aromatic rings. The van der Waals surface area contributed by atoms with Crippen molar-refractivity contribution >= 4 is 16.7 Å². The number of aryl methyl sites for hydroxylation is 1. The van der Waals surface area contributed by atoms with Crippen LogP contribution in [0.4, 0.5) is 5.69 Å². The summed E-state index contributed by atoms with van der Waals surface area (Å²) in [5, 5.41) is 1.13. The molecule has 3 rings (SSSR count). The number of hydrogen-bond acceptors (Lipinski definition) is 2. The van der Waals surface area contributed by atoms with Crippen LogP contribution in [0.15, 0.2) is 52.9 Å². The lowest BCUT2D eigenvalue weighted by molar-refractivity contribution is 0.558. The van der Waals surface area contributed by atoms with Crippen molar-refractivity contribution in [3.05, 3.63) is 54.3 Å². The maximum Gasteiger partial charge on any atom is 0.134 e. The molecule has 0 atom stereocenters. The standard InChI is InChI=1S/C16H15NO/c1-2-14-16(11-7-3-5-9-13(11)17)12-8-4-6-10-15(12)18-14/h3-10H,2,17H2,1H3. The molecule has 0 saturated carbocycles. The van der Waals surface area contributed by atoms with Crippen LogP contribution in [-0.4, -0.2) is 0 Å². The molecule has 0 aliphatic rings. The van der Waals surface area contributed by atoms with Gasteiger partial charge in [-0.2, -0.15) is 0 Å². The number of hydrogen-bond donors (Lipinski definition) is 1. The molecule has 90 valence electrons. The number of benzene rings is 2. The van der Waals surface area contributed by atoms with Gasteiger partial charge in [0.15, 0.2) is 0 Å². The third kappa shape index (κ3) is 1.58. The van der Waals surface area contributed by atoms with Crippen LogP contribution in [0.1, 0.15) is 12.7 Å². The fourth-order valence-electron chi connectivity index (χ4n) is 2.37. The summed E-state index contributed by atoms with van der Waals surface area (Å²) in [7, 11) is 0. The summed E-state index contributed by atoms with van der Waals surface area (Å²) < 4.78 is 5.90. The summed E-state index contributed by atoms with van der Waals surface area (Å²) in [5.74, 6) is 0.995. The van der Waals surface area contributed by atoms with Gasteiger partial charge >= 0.3 is 0 Å². The van der Waals surface area contributed by atoms with E-state index < -0.39 is 0 Å². The first-order valence-electron chi connectivity index (χ1n) is 6.16. The predicted molar refractivity (Wildman–Crippen MR) is 75.4 cm³/mol. The molecule has 0 spiro atoms. The van der Waals surface area contributed by atoms with E-state index in [1.54, 1.807) is 0 Å². The summed E-state index contributed by atoms with van der Waals surface area (Å²) in [5.41, 5.74) is 9.98. The Morgan fingerprint density at radius 2 is 1.72 bits per heavy atom. The van der Waals surface area contributed by atoms with E-state index in [0.29, 0.717) is 0 Å². The second-order valence-corrected chi connectivity index (χ2v) is 4.34. The summed E-state index contributed by atoms with van der Waals surface area (Å²) in [4.78, 5) is 0. The minimum atomic E-state index is 0.791. The van der Waals surface area contributed by atoms with Crippen molar-refractivity contribution in [2.24, 2.45) is 0 Å². The van der Waals surface area contributed by atoms with Crippen LogP contribution in [0.5, 0.6) is 0 Å². The second kappa shape index (κ2) is 4.22. The number of nitrogen functional groups attached to an aromatic ring is 1. The molecule has 0 radical (unpaired) electrons. The van der Waals surface area contributed by atoms with Gasteiger partial charge in [-0.1, -0.05) is 43.3 Å². The quantitative estimate of drug-likeness (QED) is 0.677. The molecule has 0 bridgehead atoms. The number of para-hydroxylation sites is 2. The fraction of sp³-hybridized carbons (Fsp3) is 0.125. The lowest BCUT2D eigenvalue weighted by atomic mass is 9.99.